The van der Waals surface area contributed by atoms with E-state index in [-0.39, 0.29) is 5.56 Å². The monoisotopic (exact) mass is 254 g/mol. The summed E-state index contributed by atoms with van der Waals surface area (Å²) in [5.41, 5.74) is 0.620. The Morgan fingerprint density at radius 1 is 1.50 bits per heavy atom. The van der Waals surface area contributed by atoms with Crippen LogP contribution in [0.25, 0.3) is 0 Å². The molecule has 1 aromatic carbocycles. The van der Waals surface area contributed by atoms with Crippen molar-refractivity contribution in [3.05, 3.63) is 29.3 Å². The van der Waals surface area contributed by atoms with E-state index in [0.29, 0.717) is 12.2 Å². The van der Waals surface area contributed by atoms with Gasteiger partial charge in [-0.2, -0.15) is 0 Å². The minimum Gasteiger partial charge on any atom is -0.487 e. The Bertz CT molecular complexity index is 484. The van der Waals surface area contributed by atoms with E-state index >= 15 is 0 Å². The third-order valence-electron chi connectivity index (χ3n) is 2.95. The van der Waals surface area contributed by atoms with Crippen LogP contribution in [0.5, 0.6) is 5.75 Å². The van der Waals surface area contributed by atoms with Gasteiger partial charge >= 0.3 is 5.97 Å². The van der Waals surface area contributed by atoms with Crippen molar-refractivity contribution in [1.82, 2.24) is 0 Å². The highest BCUT2D eigenvalue weighted by molar-refractivity contribution is 5.73. The molecule has 1 aliphatic rings. The second-order valence-corrected chi connectivity index (χ2v) is 5.06. The van der Waals surface area contributed by atoms with Crippen LogP contribution in [-0.4, -0.2) is 28.0 Å². The SMILES string of the molecule is CC1(C)Cc2cccc(C(O)C(F)C(=O)O)c2O1. The van der Waals surface area contributed by atoms with E-state index in [1.807, 2.05) is 19.9 Å². The van der Waals surface area contributed by atoms with Crippen LogP contribution in [0.15, 0.2) is 18.2 Å². The number of aliphatic hydroxyl groups excluding tert-OH is 1. The largest absolute Gasteiger partial charge is 0.487 e. The average molecular weight is 254 g/mol. The maximum absolute atomic E-state index is 13.4. The van der Waals surface area contributed by atoms with Gasteiger partial charge in [0.1, 0.15) is 17.5 Å². The Balaban J connectivity index is 2.38. The van der Waals surface area contributed by atoms with E-state index in [0.717, 1.165) is 5.56 Å². The fraction of sp³-hybridized carbons (Fsp3) is 0.462. The summed E-state index contributed by atoms with van der Waals surface area (Å²) in [4.78, 5) is 10.6. The number of hydrogen-bond acceptors (Lipinski definition) is 3. The standard InChI is InChI=1S/C13H15FO4/c1-13(2)6-7-4-3-5-8(11(7)18-13)10(15)9(14)12(16)17/h3-5,9-10,15H,6H2,1-2H3,(H,16,17). The molecule has 0 fully saturated rings. The highest BCUT2D eigenvalue weighted by Gasteiger charge is 2.36. The fourth-order valence-corrected chi connectivity index (χ4v) is 2.17. The lowest BCUT2D eigenvalue weighted by Gasteiger charge is -2.20. The molecule has 0 aromatic heterocycles. The third kappa shape index (κ3) is 2.18. The molecule has 4 nitrogen and oxygen atoms in total. The highest BCUT2D eigenvalue weighted by atomic mass is 19.1. The Labute approximate surface area is 104 Å². The van der Waals surface area contributed by atoms with Gasteiger partial charge in [-0.3, -0.25) is 0 Å². The first-order valence-electron chi connectivity index (χ1n) is 5.67. The number of benzene rings is 1. The summed E-state index contributed by atoms with van der Waals surface area (Å²) >= 11 is 0. The Kier molecular flexibility index (Phi) is 3.02. The summed E-state index contributed by atoms with van der Waals surface area (Å²) in [6.07, 6.45) is -3.43. The summed E-state index contributed by atoms with van der Waals surface area (Å²) in [5, 5.41) is 18.3. The number of carbonyl (C=O) groups is 1. The molecule has 18 heavy (non-hydrogen) atoms. The van der Waals surface area contributed by atoms with E-state index < -0.39 is 23.8 Å². The van der Waals surface area contributed by atoms with Gasteiger partial charge in [0.25, 0.3) is 0 Å². The maximum atomic E-state index is 13.4. The number of carboxylic acid groups (broad SMARTS) is 1. The molecule has 0 radical (unpaired) electrons. The number of halogens is 1. The van der Waals surface area contributed by atoms with Crippen molar-refractivity contribution < 1.29 is 24.1 Å². The Morgan fingerprint density at radius 3 is 2.78 bits per heavy atom. The highest BCUT2D eigenvalue weighted by Crippen LogP contribution is 2.40. The average Bonchev–Trinajstić information content (AvgIpc) is 2.60. The summed E-state index contributed by atoms with van der Waals surface area (Å²) in [6, 6.07) is 4.98. The van der Waals surface area contributed by atoms with Gasteiger partial charge in [0.05, 0.1) is 0 Å². The van der Waals surface area contributed by atoms with Crippen LogP contribution in [0.4, 0.5) is 4.39 Å². The summed E-state index contributed by atoms with van der Waals surface area (Å²) < 4.78 is 19.0. The lowest BCUT2D eigenvalue weighted by atomic mass is 9.98. The molecule has 2 rings (SSSR count). The summed E-state index contributed by atoms with van der Waals surface area (Å²) in [7, 11) is 0. The number of rotatable bonds is 3. The lowest BCUT2D eigenvalue weighted by Crippen LogP contribution is -2.26. The van der Waals surface area contributed by atoms with Crippen LogP contribution in [0.2, 0.25) is 0 Å². The minimum atomic E-state index is -2.36. The lowest BCUT2D eigenvalue weighted by molar-refractivity contribution is -0.147. The van der Waals surface area contributed by atoms with Crippen molar-refractivity contribution >= 4 is 5.97 Å². The molecule has 98 valence electrons. The first kappa shape index (κ1) is 12.8. The smallest absolute Gasteiger partial charge is 0.341 e. The first-order chi connectivity index (χ1) is 8.32. The molecule has 2 unspecified atom stereocenters. The maximum Gasteiger partial charge on any atom is 0.341 e. The first-order valence-corrected chi connectivity index (χ1v) is 5.67. The number of hydrogen-bond donors (Lipinski definition) is 2. The van der Waals surface area contributed by atoms with Gasteiger partial charge in [0, 0.05) is 12.0 Å². The number of para-hydroxylation sites is 1. The molecule has 0 saturated carbocycles. The van der Waals surface area contributed by atoms with Gasteiger partial charge in [-0.25, -0.2) is 9.18 Å². The topological polar surface area (TPSA) is 66.8 Å². The van der Waals surface area contributed by atoms with Crippen molar-refractivity contribution in [2.45, 2.75) is 38.1 Å². The predicted octanol–water partition coefficient (Wildman–Crippen LogP) is 1.86. The van der Waals surface area contributed by atoms with Crippen LogP contribution in [0.1, 0.15) is 31.1 Å². The zero-order chi connectivity index (χ0) is 13.5. The molecule has 0 amide bonds. The van der Waals surface area contributed by atoms with Crippen molar-refractivity contribution in [2.24, 2.45) is 0 Å². The summed E-state index contributed by atoms with van der Waals surface area (Å²) in [6.45, 7) is 3.76. The molecule has 2 N–H and O–H groups in total. The molecule has 1 aliphatic heterocycles. The van der Waals surface area contributed by atoms with E-state index in [4.69, 9.17) is 9.84 Å². The van der Waals surface area contributed by atoms with Gasteiger partial charge in [-0.1, -0.05) is 18.2 Å². The second-order valence-electron chi connectivity index (χ2n) is 5.06. The number of alkyl halides is 1. The molecule has 1 heterocycles. The molecule has 2 atom stereocenters. The molecule has 0 saturated heterocycles. The van der Waals surface area contributed by atoms with E-state index in [2.05, 4.69) is 0 Å². The molecule has 5 heteroatoms. The van der Waals surface area contributed by atoms with Gasteiger partial charge in [-0.15, -0.1) is 0 Å². The van der Waals surface area contributed by atoms with Crippen LogP contribution in [-0.2, 0) is 11.2 Å². The third-order valence-corrected chi connectivity index (χ3v) is 2.95. The summed E-state index contributed by atoms with van der Waals surface area (Å²) in [5.74, 6) is -1.28. The molecular weight excluding hydrogens is 239 g/mol. The molecule has 0 bridgehead atoms. The van der Waals surface area contributed by atoms with Crippen LogP contribution in [0, 0.1) is 0 Å². The van der Waals surface area contributed by atoms with Crippen molar-refractivity contribution in [1.29, 1.82) is 0 Å². The Morgan fingerprint density at radius 2 is 2.17 bits per heavy atom. The van der Waals surface area contributed by atoms with Crippen molar-refractivity contribution in [2.75, 3.05) is 0 Å². The molecule has 1 aromatic rings. The number of ether oxygens (including phenoxy) is 1. The normalized spacial score (nSPS) is 19.8. The fourth-order valence-electron chi connectivity index (χ4n) is 2.17. The molecule has 0 aliphatic carbocycles. The Hall–Kier alpha value is -1.62. The van der Waals surface area contributed by atoms with Gasteiger partial charge in [-0.05, 0) is 19.4 Å². The number of carboxylic acids is 1. The van der Waals surface area contributed by atoms with Gasteiger partial charge in [0.2, 0.25) is 6.17 Å². The molecular formula is C13H15FO4. The van der Waals surface area contributed by atoms with Gasteiger partial charge in [0.15, 0.2) is 0 Å². The van der Waals surface area contributed by atoms with Crippen molar-refractivity contribution in [3.8, 4) is 5.75 Å². The van der Waals surface area contributed by atoms with E-state index in [1.54, 1.807) is 6.07 Å². The quantitative estimate of drug-likeness (QED) is 0.864. The number of aliphatic hydroxyl groups is 1. The van der Waals surface area contributed by atoms with E-state index in [1.165, 1.54) is 6.07 Å². The minimum absolute atomic E-state index is 0.188. The van der Waals surface area contributed by atoms with E-state index in [9.17, 15) is 14.3 Å². The van der Waals surface area contributed by atoms with Crippen LogP contribution >= 0.6 is 0 Å². The number of aliphatic carboxylic acids is 1. The number of fused-ring (bicyclic) bond motifs is 1. The van der Waals surface area contributed by atoms with Crippen molar-refractivity contribution in [3.63, 3.8) is 0 Å². The zero-order valence-electron chi connectivity index (χ0n) is 10.2. The second kappa shape index (κ2) is 4.24. The van der Waals surface area contributed by atoms with Gasteiger partial charge < -0.3 is 14.9 Å². The van der Waals surface area contributed by atoms with Crippen LogP contribution in [0.3, 0.4) is 0 Å². The zero-order valence-corrected chi connectivity index (χ0v) is 10.2. The predicted molar refractivity (Wildman–Crippen MR) is 62.3 cm³/mol. The molecule has 0 spiro atoms. The van der Waals surface area contributed by atoms with Crippen LogP contribution < -0.4 is 4.74 Å².